The van der Waals surface area contributed by atoms with Gasteiger partial charge in [-0.15, -0.1) is 0 Å². The summed E-state index contributed by atoms with van der Waals surface area (Å²) in [6.45, 7) is 4.84. The zero-order chi connectivity index (χ0) is 13.9. The van der Waals surface area contributed by atoms with E-state index in [1.54, 1.807) is 0 Å². The Kier molecular flexibility index (Phi) is 4.48. The van der Waals surface area contributed by atoms with Gasteiger partial charge in [-0.1, -0.05) is 13.8 Å². The largest absolute Gasteiger partial charge is 0.465 e. The summed E-state index contributed by atoms with van der Waals surface area (Å²) in [4.78, 5) is 24.5. The van der Waals surface area contributed by atoms with E-state index in [1.165, 1.54) is 0 Å². The number of hydrogen-bond acceptors (Lipinski definition) is 4. The molecule has 2 rings (SSSR count). The summed E-state index contributed by atoms with van der Waals surface area (Å²) < 4.78 is 10.6. The maximum Gasteiger partial charge on any atom is 0.312 e. The van der Waals surface area contributed by atoms with Gasteiger partial charge in [0.1, 0.15) is 0 Å². The van der Waals surface area contributed by atoms with E-state index in [0.29, 0.717) is 19.1 Å². The Hall–Kier alpha value is -1.06. The molecule has 19 heavy (non-hydrogen) atoms. The predicted molar refractivity (Wildman–Crippen MR) is 70.4 cm³/mol. The van der Waals surface area contributed by atoms with Crippen LogP contribution >= 0.6 is 0 Å². The number of ether oxygens (including phenoxy) is 2. The van der Waals surface area contributed by atoms with Crippen molar-refractivity contribution in [3.05, 3.63) is 0 Å². The Morgan fingerprint density at radius 3 is 2.47 bits per heavy atom. The molecule has 0 heterocycles. The molecule has 0 spiro atoms. The smallest absolute Gasteiger partial charge is 0.312 e. The first kappa shape index (κ1) is 14.4. The molecular formula is C15H24O4. The van der Waals surface area contributed by atoms with Crippen LogP contribution in [-0.4, -0.2) is 25.2 Å². The lowest BCUT2D eigenvalue weighted by Crippen LogP contribution is -2.40. The van der Waals surface area contributed by atoms with Crippen molar-refractivity contribution in [2.45, 2.75) is 52.4 Å². The second kappa shape index (κ2) is 5.93. The molecule has 2 fully saturated rings. The van der Waals surface area contributed by atoms with Crippen LogP contribution in [0.2, 0.25) is 0 Å². The molecule has 2 saturated carbocycles. The second-order valence-corrected chi connectivity index (χ2v) is 5.86. The molecule has 0 saturated heterocycles. The normalized spacial score (nSPS) is 32.3. The number of rotatable bonds is 6. The van der Waals surface area contributed by atoms with Gasteiger partial charge in [-0.2, -0.15) is 0 Å². The molecular weight excluding hydrogens is 244 g/mol. The lowest BCUT2D eigenvalue weighted by atomic mass is 9.75. The van der Waals surface area contributed by atoms with Crippen LogP contribution in [0.1, 0.15) is 52.4 Å². The summed E-state index contributed by atoms with van der Waals surface area (Å²) >= 11 is 0. The van der Waals surface area contributed by atoms with E-state index in [1.807, 2.05) is 13.8 Å². The van der Waals surface area contributed by atoms with Crippen LogP contribution in [0, 0.1) is 17.3 Å². The van der Waals surface area contributed by atoms with E-state index in [0.717, 1.165) is 38.5 Å². The van der Waals surface area contributed by atoms with Crippen LogP contribution < -0.4 is 0 Å². The fourth-order valence-electron chi connectivity index (χ4n) is 3.55. The zero-order valence-electron chi connectivity index (χ0n) is 11.9. The van der Waals surface area contributed by atoms with Crippen LogP contribution in [0.5, 0.6) is 0 Å². The number of carbonyl (C=O) groups excluding carboxylic acids is 2. The van der Waals surface area contributed by atoms with E-state index in [2.05, 4.69) is 0 Å². The van der Waals surface area contributed by atoms with Crippen molar-refractivity contribution in [2.75, 3.05) is 13.2 Å². The summed E-state index contributed by atoms with van der Waals surface area (Å²) in [7, 11) is 0. The Labute approximate surface area is 114 Å². The van der Waals surface area contributed by atoms with Gasteiger partial charge in [0.2, 0.25) is 0 Å². The molecule has 0 aliphatic heterocycles. The van der Waals surface area contributed by atoms with Crippen molar-refractivity contribution in [3.8, 4) is 0 Å². The maximum atomic E-state index is 12.3. The number of hydrogen-bond donors (Lipinski definition) is 0. The lowest BCUT2D eigenvalue weighted by molar-refractivity contribution is -0.168. The summed E-state index contributed by atoms with van der Waals surface area (Å²) in [5.41, 5.74) is -0.579. The SMILES string of the molecule is CCCOC(=O)C1CC2CCC1(C(=O)OCCC)C2. The highest BCUT2D eigenvalue weighted by atomic mass is 16.5. The monoisotopic (exact) mass is 268 g/mol. The van der Waals surface area contributed by atoms with E-state index in [4.69, 9.17) is 9.47 Å². The van der Waals surface area contributed by atoms with Gasteiger partial charge in [0, 0.05) is 0 Å². The average molecular weight is 268 g/mol. The Morgan fingerprint density at radius 1 is 1.16 bits per heavy atom. The molecule has 108 valence electrons. The van der Waals surface area contributed by atoms with Gasteiger partial charge in [-0.3, -0.25) is 9.59 Å². The zero-order valence-corrected chi connectivity index (χ0v) is 11.9. The van der Waals surface area contributed by atoms with Crippen LogP contribution in [-0.2, 0) is 19.1 Å². The molecule has 0 aromatic carbocycles. The highest BCUT2D eigenvalue weighted by molar-refractivity contribution is 5.86. The Balaban J connectivity index is 2.06. The molecule has 0 radical (unpaired) electrons. The summed E-state index contributed by atoms with van der Waals surface area (Å²) in [5, 5.41) is 0. The van der Waals surface area contributed by atoms with Crippen LogP contribution in [0.4, 0.5) is 0 Å². The topological polar surface area (TPSA) is 52.6 Å². The first-order valence-electron chi connectivity index (χ1n) is 7.48. The molecule has 4 heteroatoms. The van der Waals surface area contributed by atoms with Crippen LogP contribution in [0.3, 0.4) is 0 Å². The van der Waals surface area contributed by atoms with Crippen molar-refractivity contribution in [1.82, 2.24) is 0 Å². The quantitative estimate of drug-likeness (QED) is 0.695. The molecule has 3 atom stereocenters. The molecule has 2 aliphatic rings. The number of carbonyl (C=O) groups is 2. The maximum absolute atomic E-state index is 12.3. The summed E-state index contributed by atoms with van der Waals surface area (Å²) in [6, 6.07) is 0. The van der Waals surface area contributed by atoms with Gasteiger partial charge in [0.15, 0.2) is 0 Å². The van der Waals surface area contributed by atoms with E-state index < -0.39 is 5.41 Å². The molecule has 0 aromatic rings. The average Bonchev–Trinajstić information content (AvgIpc) is 3.01. The van der Waals surface area contributed by atoms with E-state index in [-0.39, 0.29) is 17.9 Å². The van der Waals surface area contributed by atoms with Crippen molar-refractivity contribution in [1.29, 1.82) is 0 Å². The van der Waals surface area contributed by atoms with Crippen LogP contribution in [0.15, 0.2) is 0 Å². The van der Waals surface area contributed by atoms with Gasteiger partial charge < -0.3 is 9.47 Å². The molecule has 4 nitrogen and oxygen atoms in total. The van der Waals surface area contributed by atoms with Gasteiger partial charge in [-0.05, 0) is 44.4 Å². The van der Waals surface area contributed by atoms with Gasteiger partial charge in [0.05, 0.1) is 24.5 Å². The van der Waals surface area contributed by atoms with Gasteiger partial charge in [-0.25, -0.2) is 0 Å². The third-order valence-electron chi connectivity index (χ3n) is 4.46. The van der Waals surface area contributed by atoms with Gasteiger partial charge in [0.25, 0.3) is 0 Å². The minimum absolute atomic E-state index is 0.173. The number of esters is 2. The first-order valence-corrected chi connectivity index (χ1v) is 7.48. The molecule has 0 aromatic heterocycles. The second-order valence-electron chi connectivity index (χ2n) is 5.86. The molecule has 0 N–H and O–H groups in total. The van der Waals surface area contributed by atoms with E-state index in [9.17, 15) is 9.59 Å². The first-order chi connectivity index (χ1) is 9.14. The summed E-state index contributed by atoms with van der Waals surface area (Å²) in [6.07, 6.45) is 5.06. The van der Waals surface area contributed by atoms with Crippen molar-refractivity contribution < 1.29 is 19.1 Å². The lowest BCUT2D eigenvalue weighted by Gasteiger charge is -2.31. The van der Waals surface area contributed by atoms with Crippen molar-refractivity contribution in [3.63, 3.8) is 0 Å². The molecule has 2 bridgehead atoms. The van der Waals surface area contributed by atoms with Gasteiger partial charge >= 0.3 is 11.9 Å². The van der Waals surface area contributed by atoms with Crippen LogP contribution in [0.25, 0.3) is 0 Å². The third-order valence-corrected chi connectivity index (χ3v) is 4.46. The Bertz CT molecular complexity index is 352. The molecule has 0 amide bonds. The van der Waals surface area contributed by atoms with Crippen molar-refractivity contribution in [2.24, 2.45) is 17.3 Å². The fourth-order valence-corrected chi connectivity index (χ4v) is 3.55. The highest BCUT2D eigenvalue weighted by Gasteiger charge is 2.60. The van der Waals surface area contributed by atoms with Crippen molar-refractivity contribution >= 4 is 11.9 Å². The minimum atomic E-state index is -0.579. The highest BCUT2D eigenvalue weighted by Crippen LogP contribution is 2.58. The third kappa shape index (κ3) is 2.63. The molecule has 3 unspecified atom stereocenters. The van der Waals surface area contributed by atoms with E-state index >= 15 is 0 Å². The summed E-state index contributed by atoms with van der Waals surface area (Å²) in [5.74, 6) is -0.152. The molecule has 2 aliphatic carbocycles. The predicted octanol–water partition coefficient (Wildman–Crippen LogP) is 2.70. The fraction of sp³-hybridized carbons (Fsp3) is 0.867. The number of fused-ring (bicyclic) bond motifs is 2. The standard InChI is InChI=1S/C15H24O4/c1-3-7-18-13(16)12-9-11-5-6-15(12,10-11)14(17)19-8-4-2/h11-12H,3-10H2,1-2H3. The minimum Gasteiger partial charge on any atom is -0.465 e. The Morgan fingerprint density at radius 2 is 1.84 bits per heavy atom.